The molecule has 1 aliphatic carbocycles. The van der Waals surface area contributed by atoms with Crippen molar-refractivity contribution < 1.29 is 0 Å². The molecule has 1 heterocycles. The number of piperidine rings is 1. The zero-order valence-electron chi connectivity index (χ0n) is 14.4. The molecule has 2 aromatic rings. The molecule has 2 aliphatic rings. The molecular formula is C22H28BrN. The predicted molar refractivity (Wildman–Crippen MR) is 107 cm³/mol. The first kappa shape index (κ1) is 17.7. The van der Waals surface area contributed by atoms with Crippen LogP contribution >= 0.6 is 17.0 Å². The Kier molecular flexibility index (Phi) is 5.78. The molecule has 2 fully saturated rings. The van der Waals surface area contributed by atoms with E-state index in [-0.39, 0.29) is 17.0 Å². The molecular weight excluding hydrogens is 358 g/mol. The van der Waals surface area contributed by atoms with Crippen LogP contribution in [0.3, 0.4) is 0 Å². The van der Waals surface area contributed by atoms with Crippen LogP contribution in [-0.4, -0.2) is 24.5 Å². The third-order valence-electron chi connectivity index (χ3n) is 6.22. The second-order valence-electron chi connectivity index (χ2n) is 7.40. The lowest BCUT2D eigenvalue weighted by Crippen LogP contribution is -2.47. The fourth-order valence-corrected chi connectivity index (χ4v) is 4.93. The van der Waals surface area contributed by atoms with E-state index in [1.165, 1.54) is 57.3 Å². The first-order chi connectivity index (χ1) is 11.4. The van der Waals surface area contributed by atoms with Gasteiger partial charge in [-0.05, 0) is 49.3 Å². The van der Waals surface area contributed by atoms with Crippen molar-refractivity contribution >= 4 is 17.0 Å². The molecule has 24 heavy (non-hydrogen) atoms. The standard InChI is InChI=1S/C22H27N.BrH/c1-3-8-19(9-4-1)13-16-23-17-15-22(14-7-12-21(22)18-23)20-10-5-2-6-11-20;/h1-6,8-11,21H,7,12-18H2;1H. The van der Waals surface area contributed by atoms with Crippen LogP contribution in [0.1, 0.15) is 36.8 Å². The molecule has 0 spiro atoms. The van der Waals surface area contributed by atoms with Gasteiger partial charge in [0.2, 0.25) is 0 Å². The van der Waals surface area contributed by atoms with Gasteiger partial charge in [-0.1, -0.05) is 67.1 Å². The van der Waals surface area contributed by atoms with E-state index in [1.807, 2.05) is 0 Å². The van der Waals surface area contributed by atoms with Gasteiger partial charge in [-0.25, -0.2) is 0 Å². The lowest BCUT2D eigenvalue weighted by Gasteiger charge is -2.45. The van der Waals surface area contributed by atoms with Crippen molar-refractivity contribution in [2.24, 2.45) is 5.92 Å². The summed E-state index contributed by atoms with van der Waals surface area (Å²) < 4.78 is 0. The quantitative estimate of drug-likeness (QED) is 0.694. The molecule has 0 amide bonds. The molecule has 2 unspecified atom stereocenters. The number of nitrogens with zero attached hydrogens (tertiary/aromatic N) is 1. The smallest absolute Gasteiger partial charge is 0.00219 e. The van der Waals surface area contributed by atoms with Crippen LogP contribution in [0, 0.1) is 5.92 Å². The average molecular weight is 386 g/mol. The van der Waals surface area contributed by atoms with Crippen LogP contribution in [0.2, 0.25) is 0 Å². The van der Waals surface area contributed by atoms with Crippen LogP contribution in [-0.2, 0) is 11.8 Å². The summed E-state index contributed by atoms with van der Waals surface area (Å²) in [4.78, 5) is 2.71. The van der Waals surface area contributed by atoms with Crippen molar-refractivity contribution in [3.63, 3.8) is 0 Å². The number of likely N-dealkylation sites (tertiary alicyclic amines) is 1. The Labute approximate surface area is 156 Å². The Morgan fingerprint density at radius 3 is 2.38 bits per heavy atom. The highest BCUT2D eigenvalue weighted by molar-refractivity contribution is 8.93. The summed E-state index contributed by atoms with van der Waals surface area (Å²) in [6.07, 6.45) is 6.75. The van der Waals surface area contributed by atoms with Crippen molar-refractivity contribution in [2.45, 2.75) is 37.5 Å². The summed E-state index contributed by atoms with van der Waals surface area (Å²) in [5.41, 5.74) is 3.55. The van der Waals surface area contributed by atoms with Gasteiger partial charge in [0.1, 0.15) is 0 Å². The molecule has 1 nitrogen and oxygen atoms in total. The minimum Gasteiger partial charge on any atom is -0.303 e. The van der Waals surface area contributed by atoms with Gasteiger partial charge in [-0.15, -0.1) is 17.0 Å². The van der Waals surface area contributed by atoms with E-state index >= 15 is 0 Å². The maximum atomic E-state index is 2.71. The molecule has 0 radical (unpaired) electrons. The van der Waals surface area contributed by atoms with E-state index in [4.69, 9.17) is 0 Å². The SMILES string of the molecule is Br.c1ccc(CCN2CCC3(c4ccccc4)CCCC3C2)cc1. The van der Waals surface area contributed by atoms with E-state index in [9.17, 15) is 0 Å². The Bertz CT molecular complexity index is 627. The average Bonchev–Trinajstić information content (AvgIpc) is 3.06. The highest BCUT2D eigenvalue weighted by Gasteiger charge is 2.46. The van der Waals surface area contributed by atoms with Crippen LogP contribution in [0.25, 0.3) is 0 Å². The van der Waals surface area contributed by atoms with Crippen molar-refractivity contribution in [1.82, 2.24) is 4.90 Å². The molecule has 128 valence electrons. The fourth-order valence-electron chi connectivity index (χ4n) is 4.93. The summed E-state index contributed by atoms with van der Waals surface area (Å²) in [6, 6.07) is 22.3. The Hall–Kier alpha value is -1.12. The van der Waals surface area contributed by atoms with Crippen molar-refractivity contribution in [1.29, 1.82) is 0 Å². The summed E-state index contributed by atoms with van der Waals surface area (Å²) >= 11 is 0. The van der Waals surface area contributed by atoms with E-state index < -0.39 is 0 Å². The molecule has 1 saturated carbocycles. The lowest BCUT2D eigenvalue weighted by atomic mass is 9.68. The Morgan fingerprint density at radius 1 is 0.917 bits per heavy atom. The second kappa shape index (κ2) is 7.84. The highest BCUT2D eigenvalue weighted by atomic mass is 79.9. The number of rotatable bonds is 4. The lowest BCUT2D eigenvalue weighted by molar-refractivity contribution is 0.112. The molecule has 2 aromatic carbocycles. The molecule has 2 atom stereocenters. The van der Waals surface area contributed by atoms with Gasteiger partial charge in [0.25, 0.3) is 0 Å². The van der Waals surface area contributed by atoms with Crippen molar-refractivity contribution in [3.05, 3.63) is 71.8 Å². The first-order valence-corrected chi connectivity index (χ1v) is 9.19. The van der Waals surface area contributed by atoms with Gasteiger partial charge in [0, 0.05) is 18.5 Å². The highest BCUT2D eigenvalue weighted by Crippen LogP contribution is 2.50. The second-order valence-corrected chi connectivity index (χ2v) is 7.40. The number of fused-ring (bicyclic) bond motifs is 1. The minimum atomic E-state index is 0. The molecule has 1 saturated heterocycles. The largest absolute Gasteiger partial charge is 0.303 e. The van der Waals surface area contributed by atoms with Gasteiger partial charge in [-0.2, -0.15) is 0 Å². The first-order valence-electron chi connectivity index (χ1n) is 9.19. The fraction of sp³-hybridized carbons (Fsp3) is 0.455. The maximum Gasteiger partial charge on any atom is 0.00219 e. The monoisotopic (exact) mass is 385 g/mol. The van der Waals surface area contributed by atoms with Gasteiger partial charge in [0.15, 0.2) is 0 Å². The van der Waals surface area contributed by atoms with E-state index in [1.54, 1.807) is 5.56 Å². The molecule has 2 heteroatoms. The van der Waals surface area contributed by atoms with E-state index in [2.05, 4.69) is 65.6 Å². The summed E-state index contributed by atoms with van der Waals surface area (Å²) in [6.45, 7) is 3.77. The van der Waals surface area contributed by atoms with Crippen LogP contribution in [0.5, 0.6) is 0 Å². The number of hydrogen-bond donors (Lipinski definition) is 0. The van der Waals surface area contributed by atoms with Crippen molar-refractivity contribution in [3.8, 4) is 0 Å². The van der Waals surface area contributed by atoms with Gasteiger partial charge in [-0.3, -0.25) is 0 Å². The zero-order chi connectivity index (χ0) is 15.5. The Morgan fingerprint density at radius 2 is 1.62 bits per heavy atom. The number of halogens is 1. The normalized spacial score (nSPS) is 26.6. The van der Waals surface area contributed by atoms with E-state index in [0.717, 1.165) is 5.92 Å². The number of hydrogen-bond acceptors (Lipinski definition) is 1. The third-order valence-corrected chi connectivity index (χ3v) is 6.22. The molecule has 0 bridgehead atoms. The topological polar surface area (TPSA) is 3.24 Å². The Balaban J connectivity index is 0.00000169. The molecule has 4 rings (SSSR count). The van der Waals surface area contributed by atoms with E-state index in [0.29, 0.717) is 5.41 Å². The molecule has 0 N–H and O–H groups in total. The van der Waals surface area contributed by atoms with Crippen LogP contribution in [0.4, 0.5) is 0 Å². The van der Waals surface area contributed by atoms with Crippen LogP contribution in [0.15, 0.2) is 60.7 Å². The van der Waals surface area contributed by atoms with Gasteiger partial charge < -0.3 is 4.90 Å². The maximum absolute atomic E-state index is 2.71. The van der Waals surface area contributed by atoms with Crippen LogP contribution < -0.4 is 0 Å². The predicted octanol–water partition coefficient (Wildman–Crippen LogP) is 5.25. The third kappa shape index (κ3) is 3.45. The summed E-state index contributed by atoms with van der Waals surface area (Å²) in [5, 5.41) is 0. The van der Waals surface area contributed by atoms with Crippen molar-refractivity contribution in [2.75, 3.05) is 19.6 Å². The molecule has 0 aromatic heterocycles. The zero-order valence-corrected chi connectivity index (χ0v) is 16.1. The number of benzene rings is 2. The van der Waals surface area contributed by atoms with Gasteiger partial charge in [0.05, 0.1) is 0 Å². The molecule has 1 aliphatic heterocycles. The summed E-state index contributed by atoms with van der Waals surface area (Å²) in [5.74, 6) is 0.856. The van der Waals surface area contributed by atoms with Gasteiger partial charge >= 0.3 is 0 Å². The summed E-state index contributed by atoms with van der Waals surface area (Å²) in [7, 11) is 0. The minimum absolute atomic E-state index is 0.